The third-order valence-corrected chi connectivity index (χ3v) is 12.1. The predicted octanol–water partition coefficient (Wildman–Crippen LogP) is 13.2. The summed E-state index contributed by atoms with van der Waals surface area (Å²) in [5.74, 6) is 0. The molecular weight excluding hydrogens is 860 g/mol. The molecule has 0 bridgehead atoms. The molecule has 54 heavy (non-hydrogen) atoms. The van der Waals surface area contributed by atoms with Crippen molar-refractivity contribution < 1.29 is 21.1 Å². The van der Waals surface area contributed by atoms with Gasteiger partial charge in [-0.1, -0.05) is 109 Å². The Hall–Kier alpha value is -5.22. The third-order valence-electron chi connectivity index (χ3n) is 10.9. The Morgan fingerprint density at radius 1 is 0.685 bits per heavy atom. The molecule has 4 nitrogen and oxygen atoms in total. The summed E-state index contributed by atoms with van der Waals surface area (Å²) < 4.78 is 2.55. The standard InChI is InChI=1S/C48H37N4S.Pt/c1-30-25-31(2)46(32(3)26-30)51-29-50(40-21-9-10-22-41(40)51)33-15-14-16-34(27-33)52-39-20-8-7-18-37(39)48(4,5)45-42(52)28-36(38-19-12-13-24-49-38)44-35-17-6-11-23-43(35)53-47(44)45;/h6-26,29H,1-5H3;/q-3;. The molecule has 0 unspecified atom stereocenters. The number of thiophene rings is 1. The van der Waals surface area contributed by atoms with E-state index >= 15 is 0 Å². The first kappa shape index (κ1) is 34.5. The molecule has 2 aliphatic heterocycles. The average molecular weight is 897 g/mol. The SMILES string of the molecule is Cc1cc(C)c(N2[CH-]N(c3[c-]c(N4c5[c-]c(-c6ccccn6)c6c(sc7ccccc76)c5C(C)(C)c5ccccc54)ccc3)c3ccccc32)c(C)c1.[Pt]. The van der Waals surface area contributed by atoms with Crippen molar-refractivity contribution >= 4 is 71.3 Å². The van der Waals surface area contributed by atoms with E-state index in [0.29, 0.717) is 0 Å². The van der Waals surface area contributed by atoms with Crippen LogP contribution in [0, 0.1) is 39.6 Å². The topological polar surface area (TPSA) is 22.6 Å². The molecule has 0 saturated heterocycles. The number of nitrogens with zero attached hydrogens (tertiary/aromatic N) is 4. The summed E-state index contributed by atoms with van der Waals surface area (Å²) in [4.78, 5) is 11.9. The summed E-state index contributed by atoms with van der Waals surface area (Å²) in [6.45, 7) is 13.5. The van der Waals surface area contributed by atoms with Crippen LogP contribution < -0.4 is 14.7 Å². The van der Waals surface area contributed by atoms with Gasteiger partial charge in [-0.25, -0.2) is 0 Å². The summed E-state index contributed by atoms with van der Waals surface area (Å²) >= 11 is 1.87. The van der Waals surface area contributed by atoms with E-state index in [1.165, 1.54) is 53.7 Å². The van der Waals surface area contributed by atoms with Gasteiger partial charge in [0.1, 0.15) is 0 Å². The molecule has 0 amide bonds. The van der Waals surface area contributed by atoms with E-state index < -0.39 is 0 Å². The largest absolute Gasteiger partial charge is 0.493 e. The molecule has 0 fully saturated rings. The van der Waals surface area contributed by atoms with Crippen LogP contribution in [0.3, 0.4) is 0 Å². The maximum absolute atomic E-state index is 4.88. The fourth-order valence-electron chi connectivity index (χ4n) is 8.72. The van der Waals surface area contributed by atoms with E-state index in [0.717, 1.165) is 45.4 Å². The van der Waals surface area contributed by atoms with E-state index in [1.54, 1.807) is 0 Å². The van der Waals surface area contributed by atoms with Crippen molar-refractivity contribution in [3.63, 3.8) is 0 Å². The van der Waals surface area contributed by atoms with Gasteiger partial charge in [-0.3, -0.25) is 0 Å². The smallest absolute Gasteiger partial charge is 0.0457 e. The third kappa shape index (κ3) is 5.16. The van der Waals surface area contributed by atoms with Crippen molar-refractivity contribution in [2.75, 3.05) is 14.7 Å². The predicted molar refractivity (Wildman–Crippen MR) is 223 cm³/mol. The molecular formula is C48H37N4PtS-3. The van der Waals surface area contributed by atoms with Gasteiger partial charge in [0.05, 0.1) is 0 Å². The van der Waals surface area contributed by atoms with Crippen LogP contribution in [0.2, 0.25) is 0 Å². The minimum atomic E-state index is -0.287. The van der Waals surface area contributed by atoms with Crippen molar-refractivity contribution in [2.45, 2.75) is 40.0 Å². The van der Waals surface area contributed by atoms with Gasteiger partial charge in [-0.2, -0.15) is 17.4 Å². The minimum absolute atomic E-state index is 0. The van der Waals surface area contributed by atoms with Gasteiger partial charge in [-0.15, -0.1) is 42.2 Å². The molecule has 0 aliphatic carbocycles. The Morgan fingerprint density at radius 3 is 2.11 bits per heavy atom. The van der Waals surface area contributed by atoms with Gasteiger partial charge in [0, 0.05) is 54.7 Å². The maximum atomic E-state index is 4.88. The number of fused-ring (bicyclic) bond motifs is 7. The summed E-state index contributed by atoms with van der Waals surface area (Å²) in [7, 11) is 0. The van der Waals surface area contributed by atoms with Crippen molar-refractivity contribution in [1.29, 1.82) is 0 Å². The number of anilines is 7. The van der Waals surface area contributed by atoms with E-state index in [-0.39, 0.29) is 26.5 Å². The van der Waals surface area contributed by atoms with Gasteiger partial charge in [0.15, 0.2) is 0 Å². The molecule has 0 N–H and O–H groups in total. The first-order valence-corrected chi connectivity index (χ1v) is 19.0. The molecule has 0 radical (unpaired) electrons. The van der Waals surface area contributed by atoms with Gasteiger partial charge >= 0.3 is 0 Å². The number of benzene rings is 6. The van der Waals surface area contributed by atoms with Gasteiger partial charge < -0.3 is 19.7 Å². The van der Waals surface area contributed by atoms with Gasteiger partial charge in [-0.05, 0) is 94.7 Å². The first-order chi connectivity index (χ1) is 25.8. The van der Waals surface area contributed by atoms with Crippen LogP contribution in [-0.4, -0.2) is 4.98 Å². The number of rotatable bonds is 4. The zero-order valence-corrected chi connectivity index (χ0v) is 33.8. The van der Waals surface area contributed by atoms with E-state index in [4.69, 9.17) is 4.98 Å². The molecule has 6 aromatic carbocycles. The molecule has 6 heteroatoms. The summed E-state index contributed by atoms with van der Waals surface area (Å²) in [5, 5.41) is 2.46. The van der Waals surface area contributed by atoms with Crippen molar-refractivity contribution in [2.24, 2.45) is 0 Å². The number of para-hydroxylation sites is 3. The number of aryl methyl sites for hydroxylation is 3. The van der Waals surface area contributed by atoms with Crippen LogP contribution in [0.25, 0.3) is 31.4 Å². The van der Waals surface area contributed by atoms with E-state index in [2.05, 4.69) is 183 Å². The van der Waals surface area contributed by atoms with Gasteiger partial charge in [0.25, 0.3) is 0 Å². The van der Waals surface area contributed by atoms with Crippen LogP contribution in [0.4, 0.5) is 39.8 Å². The second-order valence-corrected chi connectivity index (χ2v) is 15.8. The summed E-state index contributed by atoms with van der Waals surface area (Å²) in [6.07, 6.45) is 1.88. The molecule has 10 rings (SSSR count). The molecule has 268 valence electrons. The Labute approximate surface area is 335 Å². The second kappa shape index (κ2) is 13.0. The summed E-state index contributed by atoms with van der Waals surface area (Å²) in [6, 6.07) is 51.3. The molecule has 4 heterocycles. The molecule has 8 aromatic rings. The Bertz CT molecular complexity index is 2730. The van der Waals surface area contributed by atoms with Crippen LogP contribution in [0.5, 0.6) is 0 Å². The molecule has 0 spiro atoms. The second-order valence-electron chi connectivity index (χ2n) is 14.7. The minimum Gasteiger partial charge on any atom is -0.493 e. The quantitative estimate of drug-likeness (QED) is 0.164. The first-order valence-electron chi connectivity index (χ1n) is 18.1. The maximum Gasteiger partial charge on any atom is 0.0457 e. The van der Waals surface area contributed by atoms with E-state index in [9.17, 15) is 0 Å². The Morgan fingerprint density at radius 2 is 1.35 bits per heavy atom. The number of hydrogen-bond acceptors (Lipinski definition) is 5. The zero-order chi connectivity index (χ0) is 36.0. The normalized spacial score (nSPS) is 14.2. The number of hydrogen-bond donors (Lipinski definition) is 0. The molecule has 2 aliphatic rings. The molecule has 0 saturated carbocycles. The van der Waals surface area contributed by atoms with Crippen LogP contribution >= 0.6 is 11.3 Å². The molecule has 2 aromatic heterocycles. The fraction of sp³-hybridized carbons (Fsp3) is 0.125. The number of aromatic nitrogens is 1. The van der Waals surface area contributed by atoms with Crippen molar-refractivity contribution in [3.05, 3.63) is 174 Å². The monoisotopic (exact) mass is 896 g/mol. The zero-order valence-electron chi connectivity index (χ0n) is 30.7. The van der Waals surface area contributed by atoms with Crippen LogP contribution in [-0.2, 0) is 26.5 Å². The fourth-order valence-corrected chi connectivity index (χ4v) is 10.1. The van der Waals surface area contributed by atoms with Crippen molar-refractivity contribution in [1.82, 2.24) is 4.98 Å². The number of pyridine rings is 1. The van der Waals surface area contributed by atoms with E-state index in [1.807, 2.05) is 23.6 Å². The Balaban J connectivity index is 0.00000384. The average Bonchev–Trinajstić information content (AvgIpc) is 3.74. The van der Waals surface area contributed by atoms with Crippen LogP contribution in [0.15, 0.2) is 128 Å². The Kier molecular flexibility index (Phi) is 8.30. The van der Waals surface area contributed by atoms with Crippen molar-refractivity contribution in [3.8, 4) is 11.3 Å². The summed E-state index contributed by atoms with van der Waals surface area (Å²) in [5.41, 5.74) is 15.6. The van der Waals surface area contributed by atoms with Crippen LogP contribution in [0.1, 0.15) is 41.7 Å². The molecule has 0 atom stereocenters. The van der Waals surface area contributed by atoms with Gasteiger partial charge in [0.2, 0.25) is 0 Å².